The molecule has 0 aliphatic carbocycles. The highest BCUT2D eigenvalue weighted by atomic mass is 16.5. The molecule has 1 aliphatic heterocycles. The van der Waals surface area contributed by atoms with Crippen molar-refractivity contribution in [1.82, 2.24) is 20.2 Å². The minimum absolute atomic E-state index is 0.226. The number of hydrogen-bond acceptors (Lipinski definition) is 6. The van der Waals surface area contributed by atoms with E-state index in [1.54, 1.807) is 6.20 Å². The van der Waals surface area contributed by atoms with Gasteiger partial charge in [0.25, 0.3) is 0 Å². The van der Waals surface area contributed by atoms with Crippen LogP contribution in [0.15, 0.2) is 73.4 Å². The number of nitrogens with one attached hydrogen (secondary N) is 2. The van der Waals surface area contributed by atoms with E-state index >= 15 is 0 Å². The van der Waals surface area contributed by atoms with Gasteiger partial charge in [0.2, 0.25) is 5.91 Å². The van der Waals surface area contributed by atoms with Gasteiger partial charge in [-0.05, 0) is 67.9 Å². The van der Waals surface area contributed by atoms with Gasteiger partial charge in [-0.15, -0.1) is 0 Å². The average molecular weight is 538 g/mol. The Morgan fingerprint density at radius 3 is 2.52 bits per heavy atom. The van der Waals surface area contributed by atoms with Crippen LogP contribution in [0.4, 0.5) is 5.69 Å². The molecule has 2 aromatic carbocycles. The Balaban J connectivity index is 1.58. The van der Waals surface area contributed by atoms with Crippen LogP contribution in [0.3, 0.4) is 0 Å². The zero-order chi connectivity index (χ0) is 28.2. The third-order valence-electron chi connectivity index (χ3n) is 7.12. The molecule has 5 rings (SSSR count). The molecule has 8 heteroatoms. The number of benzene rings is 2. The van der Waals surface area contributed by atoms with Gasteiger partial charge in [-0.1, -0.05) is 36.9 Å². The maximum atomic E-state index is 12.7. The van der Waals surface area contributed by atoms with Gasteiger partial charge in [0.15, 0.2) is 0 Å². The Morgan fingerprint density at radius 2 is 1.82 bits per heavy atom. The highest BCUT2D eigenvalue weighted by Crippen LogP contribution is 2.39. The van der Waals surface area contributed by atoms with Gasteiger partial charge in [0.1, 0.15) is 5.65 Å². The van der Waals surface area contributed by atoms with E-state index in [4.69, 9.17) is 4.74 Å². The maximum Gasteiger partial charge on any atom is 0.339 e. The van der Waals surface area contributed by atoms with Crippen molar-refractivity contribution in [1.29, 1.82) is 0 Å². The molecule has 3 heterocycles. The number of piperazine rings is 1. The molecular weight excluding hydrogens is 502 g/mol. The number of nitrogens with zero attached hydrogens (tertiary/aromatic N) is 3. The average Bonchev–Trinajstić information content (AvgIpc) is 3.35. The predicted molar refractivity (Wildman–Crippen MR) is 159 cm³/mol. The normalized spacial score (nSPS) is 13.9. The Bertz CT molecular complexity index is 1530. The number of carbonyl (C=O) groups is 2. The van der Waals surface area contributed by atoms with E-state index < -0.39 is 5.97 Å². The number of ether oxygens (including phenoxy) is 1. The number of H-pyrrole nitrogens is 1. The predicted octanol–water partition coefficient (Wildman–Crippen LogP) is 5.02. The highest BCUT2D eigenvalue weighted by molar-refractivity contribution is 6.05. The zero-order valence-electron chi connectivity index (χ0n) is 23.2. The standard InChI is InChI=1S/C32H35N5O3/c1-5-28(38)33-19-22-7-6-8-24(17-22)29-27-18-25(32(39)40-21(2)3)20-34-31(27)35-30(29)23-9-11-26(12-10-23)37-15-13-36(4)14-16-37/h5-12,17-18,20-21H,1,13-16,19H2,2-4H3,(H,33,38)(H,34,35). The number of likely N-dealkylation sites (N-methyl/N-ethyl adjacent to an activating group) is 1. The number of aromatic amines is 1. The monoisotopic (exact) mass is 537 g/mol. The number of carbonyl (C=O) groups excluding carboxylic acids is 2. The van der Waals surface area contributed by atoms with Crippen molar-refractivity contribution in [2.24, 2.45) is 0 Å². The number of amides is 1. The summed E-state index contributed by atoms with van der Waals surface area (Å²) in [4.78, 5) is 37.3. The number of aromatic nitrogens is 2. The van der Waals surface area contributed by atoms with Crippen molar-refractivity contribution in [3.8, 4) is 22.4 Å². The van der Waals surface area contributed by atoms with E-state index in [0.29, 0.717) is 17.8 Å². The SMILES string of the molecule is C=CC(=O)NCc1cccc(-c2c(-c3ccc(N4CCN(C)CC4)cc3)[nH]c3ncc(C(=O)OC(C)C)cc23)c1. The fourth-order valence-corrected chi connectivity index (χ4v) is 4.98. The van der Waals surface area contributed by atoms with Crippen molar-refractivity contribution in [3.63, 3.8) is 0 Å². The molecule has 0 saturated carbocycles. The molecule has 1 fully saturated rings. The van der Waals surface area contributed by atoms with Gasteiger partial charge in [0, 0.05) is 55.6 Å². The summed E-state index contributed by atoms with van der Waals surface area (Å²) in [5.74, 6) is -0.633. The van der Waals surface area contributed by atoms with Crippen LogP contribution in [0, 0.1) is 0 Å². The first kappa shape index (κ1) is 27.1. The van der Waals surface area contributed by atoms with Crippen LogP contribution in [0.5, 0.6) is 0 Å². The van der Waals surface area contributed by atoms with Gasteiger partial charge in [-0.2, -0.15) is 0 Å². The summed E-state index contributed by atoms with van der Waals surface area (Å²) in [6.45, 7) is 11.6. The molecule has 2 aromatic heterocycles. The summed E-state index contributed by atoms with van der Waals surface area (Å²) in [7, 11) is 2.15. The third kappa shape index (κ3) is 5.92. The smallest absolute Gasteiger partial charge is 0.339 e. The van der Waals surface area contributed by atoms with Gasteiger partial charge < -0.3 is 24.8 Å². The van der Waals surface area contributed by atoms with E-state index in [1.807, 2.05) is 44.2 Å². The lowest BCUT2D eigenvalue weighted by molar-refractivity contribution is -0.116. The number of anilines is 1. The van der Waals surface area contributed by atoms with Crippen molar-refractivity contribution in [2.75, 3.05) is 38.1 Å². The summed E-state index contributed by atoms with van der Waals surface area (Å²) in [6, 6.07) is 18.4. The summed E-state index contributed by atoms with van der Waals surface area (Å²) in [5, 5.41) is 3.66. The molecule has 0 atom stereocenters. The van der Waals surface area contributed by atoms with Gasteiger partial charge in [-0.3, -0.25) is 4.79 Å². The van der Waals surface area contributed by atoms with E-state index in [1.165, 1.54) is 11.8 Å². The first-order valence-electron chi connectivity index (χ1n) is 13.6. The van der Waals surface area contributed by atoms with Gasteiger partial charge in [-0.25, -0.2) is 9.78 Å². The van der Waals surface area contributed by atoms with Crippen molar-refractivity contribution in [3.05, 3.63) is 84.6 Å². The summed E-state index contributed by atoms with van der Waals surface area (Å²) in [5.41, 5.74) is 7.04. The van der Waals surface area contributed by atoms with Crippen LogP contribution in [0.2, 0.25) is 0 Å². The molecule has 40 heavy (non-hydrogen) atoms. The van der Waals surface area contributed by atoms with Crippen molar-refractivity contribution >= 4 is 28.6 Å². The quantitative estimate of drug-likeness (QED) is 0.242. The molecular formula is C32H35N5O3. The topological polar surface area (TPSA) is 90.6 Å². The number of pyridine rings is 1. The number of hydrogen-bond donors (Lipinski definition) is 2. The Morgan fingerprint density at radius 1 is 1.07 bits per heavy atom. The molecule has 206 valence electrons. The first-order valence-corrected chi connectivity index (χ1v) is 13.6. The Kier molecular flexibility index (Phi) is 7.98. The molecule has 2 N–H and O–H groups in total. The second kappa shape index (κ2) is 11.8. The maximum absolute atomic E-state index is 12.7. The summed E-state index contributed by atoms with van der Waals surface area (Å²) < 4.78 is 5.44. The Hall–Kier alpha value is -4.43. The molecule has 0 bridgehead atoms. The van der Waals surface area contributed by atoms with Gasteiger partial charge in [0.05, 0.1) is 17.4 Å². The van der Waals surface area contributed by atoms with Crippen LogP contribution in [-0.4, -0.2) is 66.1 Å². The van der Waals surface area contributed by atoms with E-state index in [0.717, 1.165) is 59.5 Å². The Labute approximate surface area is 234 Å². The summed E-state index contributed by atoms with van der Waals surface area (Å²) in [6.07, 6.45) is 2.58. The highest BCUT2D eigenvalue weighted by Gasteiger charge is 2.20. The molecule has 0 unspecified atom stereocenters. The number of fused-ring (bicyclic) bond motifs is 1. The lowest BCUT2D eigenvalue weighted by Gasteiger charge is -2.34. The van der Waals surface area contributed by atoms with E-state index in [-0.39, 0.29) is 12.0 Å². The second-order valence-electron chi connectivity index (χ2n) is 10.4. The van der Waals surface area contributed by atoms with Crippen LogP contribution in [0.1, 0.15) is 29.8 Å². The van der Waals surface area contributed by atoms with Crippen LogP contribution in [0.25, 0.3) is 33.4 Å². The molecule has 4 aromatic rings. The second-order valence-corrected chi connectivity index (χ2v) is 10.4. The minimum atomic E-state index is -0.407. The zero-order valence-corrected chi connectivity index (χ0v) is 23.2. The van der Waals surface area contributed by atoms with Crippen molar-refractivity contribution < 1.29 is 14.3 Å². The van der Waals surface area contributed by atoms with E-state index in [2.05, 4.69) is 63.0 Å². The molecule has 0 radical (unpaired) electrons. The van der Waals surface area contributed by atoms with Crippen LogP contribution < -0.4 is 10.2 Å². The van der Waals surface area contributed by atoms with Crippen LogP contribution in [-0.2, 0) is 16.1 Å². The molecule has 0 spiro atoms. The van der Waals surface area contributed by atoms with Gasteiger partial charge >= 0.3 is 5.97 Å². The molecule has 1 aliphatic rings. The van der Waals surface area contributed by atoms with E-state index in [9.17, 15) is 9.59 Å². The fraction of sp³-hybridized carbons (Fsp3) is 0.281. The number of rotatable bonds is 8. The molecule has 8 nitrogen and oxygen atoms in total. The lowest BCUT2D eigenvalue weighted by Crippen LogP contribution is -2.44. The summed E-state index contributed by atoms with van der Waals surface area (Å²) >= 11 is 0. The fourth-order valence-electron chi connectivity index (χ4n) is 4.98. The third-order valence-corrected chi connectivity index (χ3v) is 7.12. The van der Waals surface area contributed by atoms with Crippen molar-refractivity contribution in [2.45, 2.75) is 26.5 Å². The number of esters is 1. The van der Waals surface area contributed by atoms with Crippen LogP contribution >= 0.6 is 0 Å². The lowest BCUT2D eigenvalue weighted by atomic mass is 9.96. The minimum Gasteiger partial charge on any atom is -0.459 e. The largest absolute Gasteiger partial charge is 0.459 e. The molecule has 1 amide bonds. The molecule has 1 saturated heterocycles. The first-order chi connectivity index (χ1) is 19.3.